The third kappa shape index (κ3) is 3.61. The predicted molar refractivity (Wildman–Crippen MR) is 75.7 cm³/mol. The van der Waals surface area contributed by atoms with Gasteiger partial charge in [0.25, 0.3) is 0 Å². The third-order valence-corrected chi connectivity index (χ3v) is 2.75. The van der Waals surface area contributed by atoms with E-state index in [9.17, 15) is 4.79 Å². The van der Waals surface area contributed by atoms with Crippen molar-refractivity contribution in [3.05, 3.63) is 30.1 Å². The Morgan fingerprint density at radius 1 is 1.40 bits per heavy atom. The monoisotopic (exact) mass is 274 g/mol. The van der Waals surface area contributed by atoms with Crippen molar-refractivity contribution in [3.63, 3.8) is 0 Å². The summed E-state index contributed by atoms with van der Waals surface area (Å²) in [7, 11) is 0. The number of tetrazole rings is 1. The van der Waals surface area contributed by atoms with E-state index in [1.807, 2.05) is 39.0 Å². The van der Waals surface area contributed by atoms with Crippen molar-refractivity contribution in [1.82, 2.24) is 25.5 Å². The zero-order valence-electron chi connectivity index (χ0n) is 11.8. The zero-order chi connectivity index (χ0) is 14.5. The summed E-state index contributed by atoms with van der Waals surface area (Å²) < 4.78 is 1.58. The van der Waals surface area contributed by atoms with Crippen molar-refractivity contribution < 1.29 is 4.79 Å². The Balaban J connectivity index is 2.04. The molecule has 1 heterocycles. The number of carbonyl (C=O) groups excluding carboxylic acids is 1. The molecule has 0 atom stereocenters. The topological polar surface area (TPSA) is 84.7 Å². The van der Waals surface area contributed by atoms with Gasteiger partial charge in [-0.2, -0.15) is 0 Å². The van der Waals surface area contributed by atoms with Gasteiger partial charge in [0.05, 0.1) is 12.2 Å². The lowest BCUT2D eigenvalue weighted by Gasteiger charge is -2.11. The average Bonchev–Trinajstić information content (AvgIpc) is 2.90. The van der Waals surface area contributed by atoms with Crippen LogP contribution in [0.15, 0.2) is 24.5 Å². The lowest BCUT2D eigenvalue weighted by molar-refractivity contribution is -0.115. The second kappa shape index (κ2) is 6.25. The summed E-state index contributed by atoms with van der Waals surface area (Å²) >= 11 is 0. The summed E-state index contributed by atoms with van der Waals surface area (Å²) in [5, 5.41) is 17.0. The first-order valence-electron chi connectivity index (χ1n) is 6.43. The summed E-state index contributed by atoms with van der Waals surface area (Å²) in [6, 6.07) is 5.88. The highest BCUT2D eigenvalue weighted by molar-refractivity contribution is 5.92. The van der Waals surface area contributed by atoms with Gasteiger partial charge in [-0.05, 0) is 41.1 Å². The third-order valence-electron chi connectivity index (χ3n) is 2.75. The molecule has 0 saturated carbocycles. The first-order valence-corrected chi connectivity index (χ1v) is 6.43. The van der Waals surface area contributed by atoms with Crippen LogP contribution in [-0.4, -0.2) is 38.7 Å². The molecule has 0 aliphatic heterocycles. The fourth-order valence-corrected chi connectivity index (χ4v) is 1.76. The molecule has 0 radical (unpaired) electrons. The van der Waals surface area contributed by atoms with E-state index in [1.165, 1.54) is 6.33 Å². The van der Waals surface area contributed by atoms with Gasteiger partial charge in [-0.25, -0.2) is 4.68 Å². The van der Waals surface area contributed by atoms with E-state index < -0.39 is 0 Å². The maximum Gasteiger partial charge on any atom is 0.238 e. The van der Waals surface area contributed by atoms with Crippen molar-refractivity contribution in [1.29, 1.82) is 0 Å². The zero-order valence-corrected chi connectivity index (χ0v) is 11.8. The summed E-state index contributed by atoms with van der Waals surface area (Å²) in [5.41, 5.74) is 2.62. The molecular formula is C13H18N6O. The van der Waals surface area contributed by atoms with E-state index >= 15 is 0 Å². The number of aromatic nitrogens is 4. The molecule has 0 fully saturated rings. The largest absolute Gasteiger partial charge is 0.325 e. The molecule has 2 N–H and O–H groups in total. The van der Waals surface area contributed by atoms with Crippen molar-refractivity contribution in [2.75, 3.05) is 11.9 Å². The Bertz CT molecular complexity index is 579. The number of nitrogens with zero attached hydrogens (tertiary/aromatic N) is 4. The molecule has 106 valence electrons. The first-order chi connectivity index (χ1) is 9.56. The molecular weight excluding hydrogens is 256 g/mol. The molecule has 7 heteroatoms. The van der Waals surface area contributed by atoms with Crippen LogP contribution >= 0.6 is 0 Å². The number of benzene rings is 1. The molecule has 7 nitrogen and oxygen atoms in total. The van der Waals surface area contributed by atoms with Gasteiger partial charge in [0.2, 0.25) is 5.91 Å². The van der Waals surface area contributed by atoms with Gasteiger partial charge in [-0.3, -0.25) is 4.79 Å². The van der Waals surface area contributed by atoms with E-state index in [2.05, 4.69) is 26.2 Å². The quantitative estimate of drug-likeness (QED) is 0.846. The van der Waals surface area contributed by atoms with Crippen LogP contribution in [0.1, 0.15) is 19.4 Å². The van der Waals surface area contributed by atoms with E-state index in [-0.39, 0.29) is 11.9 Å². The normalized spacial score (nSPS) is 10.8. The van der Waals surface area contributed by atoms with Crippen molar-refractivity contribution in [2.45, 2.75) is 26.8 Å². The number of amides is 1. The molecule has 0 bridgehead atoms. The number of carbonyl (C=O) groups is 1. The number of aryl methyl sites for hydroxylation is 1. The fraction of sp³-hybridized carbons (Fsp3) is 0.385. The number of anilines is 1. The van der Waals surface area contributed by atoms with Gasteiger partial charge in [-0.15, -0.1) is 5.10 Å². The predicted octanol–water partition coefficient (Wildman–Crippen LogP) is 0.907. The fourth-order valence-electron chi connectivity index (χ4n) is 1.76. The van der Waals surface area contributed by atoms with Crippen LogP contribution in [0.5, 0.6) is 0 Å². The summed E-state index contributed by atoms with van der Waals surface area (Å²) in [6.07, 6.45) is 1.53. The van der Waals surface area contributed by atoms with Crippen LogP contribution < -0.4 is 10.6 Å². The Kier molecular flexibility index (Phi) is 4.41. The standard InChI is InChI=1S/C13H18N6O/c1-9(2)14-7-13(20)16-11-4-5-12(10(3)6-11)19-8-15-17-18-19/h4-6,8-9,14H,7H2,1-3H3,(H,16,20). The molecule has 0 aliphatic carbocycles. The molecule has 20 heavy (non-hydrogen) atoms. The Hall–Kier alpha value is -2.28. The van der Waals surface area contributed by atoms with Crippen molar-refractivity contribution >= 4 is 11.6 Å². The minimum atomic E-state index is -0.0618. The van der Waals surface area contributed by atoms with Gasteiger partial charge in [0, 0.05) is 11.7 Å². The Labute approximate surface area is 117 Å². The van der Waals surface area contributed by atoms with Crippen LogP contribution in [0, 0.1) is 6.92 Å². The van der Waals surface area contributed by atoms with Crippen LogP contribution in [-0.2, 0) is 4.79 Å². The van der Waals surface area contributed by atoms with Gasteiger partial charge in [0.15, 0.2) is 0 Å². The number of nitrogens with one attached hydrogen (secondary N) is 2. The lowest BCUT2D eigenvalue weighted by Crippen LogP contribution is -2.32. The molecule has 1 aromatic heterocycles. The minimum Gasteiger partial charge on any atom is -0.325 e. The van der Waals surface area contributed by atoms with E-state index in [4.69, 9.17) is 0 Å². The Morgan fingerprint density at radius 3 is 2.80 bits per heavy atom. The lowest BCUT2D eigenvalue weighted by atomic mass is 10.2. The Morgan fingerprint density at radius 2 is 2.20 bits per heavy atom. The van der Waals surface area contributed by atoms with Gasteiger partial charge < -0.3 is 10.6 Å². The highest BCUT2D eigenvalue weighted by atomic mass is 16.1. The summed E-state index contributed by atoms with van der Waals surface area (Å²) in [6.45, 7) is 6.24. The summed E-state index contributed by atoms with van der Waals surface area (Å²) in [5.74, 6) is -0.0618. The maximum absolute atomic E-state index is 11.7. The second-order valence-corrected chi connectivity index (χ2v) is 4.84. The molecule has 0 spiro atoms. The van der Waals surface area contributed by atoms with Crippen molar-refractivity contribution in [2.24, 2.45) is 0 Å². The highest BCUT2D eigenvalue weighted by Gasteiger charge is 2.06. The molecule has 0 saturated heterocycles. The van der Waals surface area contributed by atoms with Crippen molar-refractivity contribution in [3.8, 4) is 5.69 Å². The second-order valence-electron chi connectivity index (χ2n) is 4.84. The minimum absolute atomic E-state index is 0.0618. The van der Waals surface area contributed by atoms with Gasteiger partial charge in [-0.1, -0.05) is 13.8 Å². The first kappa shape index (κ1) is 14.1. The van der Waals surface area contributed by atoms with E-state index in [0.717, 1.165) is 16.9 Å². The van der Waals surface area contributed by atoms with E-state index in [1.54, 1.807) is 4.68 Å². The van der Waals surface area contributed by atoms with Crippen LogP contribution in [0.25, 0.3) is 5.69 Å². The SMILES string of the molecule is Cc1cc(NC(=O)CNC(C)C)ccc1-n1cnnn1. The number of hydrogen-bond donors (Lipinski definition) is 2. The molecule has 0 aliphatic rings. The number of rotatable bonds is 5. The molecule has 1 aromatic carbocycles. The van der Waals surface area contributed by atoms with Crippen LogP contribution in [0.3, 0.4) is 0 Å². The molecule has 1 amide bonds. The van der Waals surface area contributed by atoms with Gasteiger partial charge in [0.1, 0.15) is 6.33 Å². The smallest absolute Gasteiger partial charge is 0.238 e. The molecule has 2 aromatic rings. The number of hydrogen-bond acceptors (Lipinski definition) is 5. The van der Waals surface area contributed by atoms with Gasteiger partial charge >= 0.3 is 0 Å². The summed E-state index contributed by atoms with van der Waals surface area (Å²) in [4.78, 5) is 11.7. The highest BCUT2D eigenvalue weighted by Crippen LogP contribution is 2.17. The average molecular weight is 274 g/mol. The van der Waals surface area contributed by atoms with Crippen LogP contribution in [0.2, 0.25) is 0 Å². The van der Waals surface area contributed by atoms with Crippen LogP contribution in [0.4, 0.5) is 5.69 Å². The van der Waals surface area contributed by atoms with E-state index in [0.29, 0.717) is 6.54 Å². The molecule has 0 unspecified atom stereocenters. The maximum atomic E-state index is 11.7. The molecule has 2 rings (SSSR count).